The van der Waals surface area contributed by atoms with Crippen molar-refractivity contribution in [1.29, 1.82) is 0 Å². The van der Waals surface area contributed by atoms with Crippen LogP contribution in [0.5, 0.6) is 0 Å². The van der Waals surface area contributed by atoms with Gasteiger partial charge in [0.1, 0.15) is 0 Å². The maximum absolute atomic E-state index is 13.1. The Morgan fingerprint density at radius 2 is 1.84 bits per heavy atom. The molecule has 1 atom stereocenters. The van der Waals surface area contributed by atoms with Crippen LogP contribution in [0.25, 0.3) is 10.9 Å². The number of nitrogens with one attached hydrogen (secondary N) is 1. The molecule has 4 nitrogen and oxygen atoms in total. The van der Waals surface area contributed by atoms with E-state index in [9.17, 15) is 18.0 Å². The molecular formula is C24H25F3N2O2. The highest BCUT2D eigenvalue weighted by Gasteiger charge is 2.31. The van der Waals surface area contributed by atoms with Gasteiger partial charge in [-0.25, -0.2) is 0 Å². The number of carbonyl (C=O) groups is 1. The summed E-state index contributed by atoms with van der Waals surface area (Å²) in [5, 5.41) is 0.999. The van der Waals surface area contributed by atoms with Gasteiger partial charge in [0.25, 0.3) is 0 Å². The molecule has 2 aromatic carbocycles. The van der Waals surface area contributed by atoms with Gasteiger partial charge >= 0.3 is 6.18 Å². The first-order valence-corrected chi connectivity index (χ1v) is 10.5. The molecule has 0 spiro atoms. The van der Waals surface area contributed by atoms with E-state index in [1.807, 2.05) is 18.3 Å². The summed E-state index contributed by atoms with van der Waals surface area (Å²) in [4.78, 5) is 18.1. The third-order valence-corrected chi connectivity index (χ3v) is 5.97. The summed E-state index contributed by atoms with van der Waals surface area (Å²) in [6, 6.07) is 11.2. The number of para-hydroxylation sites is 1. The number of benzene rings is 2. The van der Waals surface area contributed by atoms with E-state index >= 15 is 0 Å². The molecule has 1 fully saturated rings. The zero-order valence-electron chi connectivity index (χ0n) is 17.3. The SMILES string of the molecule is CCc1cccc2c(C(CC(=O)N3CCOCC3)c3ccc(C(F)(F)F)cc3)c[nH]c12. The molecule has 7 heteroatoms. The number of rotatable bonds is 5. The number of aryl methyl sites for hydroxylation is 1. The molecule has 164 valence electrons. The molecule has 1 amide bonds. The van der Waals surface area contributed by atoms with Crippen LogP contribution in [-0.2, 0) is 22.1 Å². The van der Waals surface area contributed by atoms with Gasteiger partial charge in [0.05, 0.1) is 18.8 Å². The van der Waals surface area contributed by atoms with Crippen LogP contribution < -0.4 is 0 Å². The summed E-state index contributed by atoms with van der Waals surface area (Å²) < 4.78 is 44.5. The molecule has 0 radical (unpaired) electrons. The quantitative estimate of drug-likeness (QED) is 0.610. The normalized spacial score (nSPS) is 15.9. The minimum Gasteiger partial charge on any atom is -0.378 e. The first kappa shape index (κ1) is 21.4. The summed E-state index contributed by atoms with van der Waals surface area (Å²) in [6.07, 6.45) is -1.46. The van der Waals surface area contributed by atoms with Gasteiger partial charge in [-0.15, -0.1) is 0 Å². The van der Waals surface area contributed by atoms with Gasteiger partial charge in [-0.05, 0) is 35.2 Å². The topological polar surface area (TPSA) is 45.3 Å². The number of nitrogens with zero attached hydrogens (tertiary/aromatic N) is 1. The van der Waals surface area contributed by atoms with E-state index in [1.54, 1.807) is 4.90 Å². The number of hydrogen-bond acceptors (Lipinski definition) is 2. The number of aromatic nitrogens is 1. The molecule has 0 aliphatic carbocycles. The van der Waals surface area contributed by atoms with Crippen molar-refractivity contribution in [2.45, 2.75) is 31.9 Å². The van der Waals surface area contributed by atoms with Gasteiger partial charge in [0.2, 0.25) is 5.91 Å². The highest BCUT2D eigenvalue weighted by Crippen LogP contribution is 2.37. The Labute approximate surface area is 179 Å². The van der Waals surface area contributed by atoms with Crippen molar-refractivity contribution in [3.05, 3.63) is 70.9 Å². The summed E-state index contributed by atoms with van der Waals surface area (Å²) in [6.45, 7) is 4.15. The molecule has 1 saturated heterocycles. The largest absolute Gasteiger partial charge is 0.416 e. The number of morpholine rings is 1. The average Bonchev–Trinajstić information content (AvgIpc) is 3.21. The maximum atomic E-state index is 13.1. The van der Waals surface area contributed by atoms with Crippen LogP contribution >= 0.6 is 0 Å². The van der Waals surface area contributed by atoms with E-state index in [2.05, 4.69) is 18.0 Å². The number of fused-ring (bicyclic) bond motifs is 1. The van der Waals surface area contributed by atoms with Gasteiger partial charge in [-0.1, -0.05) is 37.3 Å². The van der Waals surface area contributed by atoms with Gasteiger partial charge in [0, 0.05) is 42.5 Å². The van der Waals surface area contributed by atoms with Crippen LogP contribution in [0.2, 0.25) is 0 Å². The molecule has 0 saturated carbocycles. The number of hydrogen-bond donors (Lipinski definition) is 1. The summed E-state index contributed by atoms with van der Waals surface area (Å²) in [5.74, 6) is -0.368. The lowest BCUT2D eigenvalue weighted by atomic mass is 9.87. The second kappa shape index (κ2) is 8.75. The second-order valence-corrected chi connectivity index (χ2v) is 7.81. The van der Waals surface area contributed by atoms with Crippen molar-refractivity contribution in [2.75, 3.05) is 26.3 Å². The summed E-state index contributed by atoms with van der Waals surface area (Å²) >= 11 is 0. The maximum Gasteiger partial charge on any atom is 0.416 e. The van der Waals surface area contributed by atoms with Crippen molar-refractivity contribution < 1.29 is 22.7 Å². The third-order valence-electron chi connectivity index (χ3n) is 5.97. The molecule has 31 heavy (non-hydrogen) atoms. The van der Waals surface area contributed by atoms with E-state index in [0.29, 0.717) is 31.9 Å². The van der Waals surface area contributed by atoms with Gasteiger partial charge in [-0.2, -0.15) is 13.2 Å². The Kier molecular flexibility index (Phi) is 6.05. The number of ether oxygens (including phenoxy) is 1. The molecular weight excluding hydrogens is 405 g/mol. The lowest BCUT2D eigenvalue weighted by Crippen LogP contribution is -2.41. The lowest BCUT2D eigenvalue weighted by molar-refractivity contribution is -0.138. The van der Waals surface area contributed by atoms with Crippen LogP contribution in [0.1, 0.15) is 41.5 Å². The lowest BCUT2D eigenvalue weighted by Gasteiger charge is -2.29. The zero-order chi connectivity index (χ0) is 22.0. The monoisotopic (exact) mass is 430 g/mol. The van der Waals surface area contributed by atoms with Crippen molar-refractivity contribution in [3.8, 4) is 0 Å². The Balaban J connectivity index is 1.73. The van der Waals surface area contributed by atoms with Crippen molar-refractivity contribution in [1.82, 2.24) is 9.88 Å². The Morgan fingerprint density at radius 1 is 1.13 bits per heavy atom. The fourth-order valence-electron chi connectivity index (χ4n) is 4.25. The molecule has 1 aliphatic rings. The molecule has 1 N–H and O–H groups in total. The van der Waals surface area contributed by atoms with Crippen LogP contribution in [-0.4, -0.2) is 42.1 Å². The summed E-state index contributed by atoms with van der Waals surface area (Å²) in [5.41, 5.74) is 3.09. The molecule has 1 aromatic heterocycles. The molecule has 2 heterocycles. The number of aromatic amines is 1. The molecule has 1 aliphatic heterocycles. The molecule has 1 unspecified atom stereocenters. The predicted octanol–water partition coefficient (Wildman–Crippen LogP) is 5.13. The van der Waals surface area contributed by atoms with Gasteiger partial charge < -0.3 is 14.6 Å². The summed E-state index contributed by atoms with van der Waals surface area (Å²) in [7, 11) is 0. The van der Waals surface area contributed by atoms with E-state index < -0.39 is 11.7 Å². The number of amides is 1. The minimum atomic E-state index is -4.39. The van der Waals surface area contributed by atoms with E-state index in [-0.39, 0.29) is 18.2 Å². The predicted molar refractivity (Wildman–Crippen MR) is 113 cm³/mol. The van der Waals surface area contributed by atoms with Crippen molar-refractivity contribution in [2.24, 2.45) is 0 Å². The van der Waals surface area contributed by atoms with Crippen LogP contribution in [0.15, 0.2) is 48.7 Å². The van der Waals surface area contributed by atoms with Crippen molar-refractivity contribution in [3.63, 3.8) is 0 Å². The van der Waals surface area contributed by atoms with Crippen LogP contribution in [0.4, 0.5) is 13.2 Å². The number of carbonyl (C=O) groups excluding carboxylic acids is 1. The fraction of sp³-hybridized carbons (Fsp3) is 0.375. The Bertz CT molecular complexity index is 1050. The highest BCUT2D eigenvalue weighted by molar-refractivity contribution is 5.88. The number of H-pyrrole nitrogens is 1. The highest BCUT2D eigenvalue weighted by atomic mass is 19.4. The second-order valence-electron chi connectivity index (χ2n) is 7.81. The third kappa shape index (κ3) is 4.46. The van der Waals surface area contributed by atoms with Crippen molar-refractivity contribution >= 4 is 16.8 Å². The van der Waals surface area contributed by atoms with Gasteiger partial charge in [-0.3, -0.25) is 4.79 Å². The Morgan fingerprint density at radius 3 is 2.48 bits per heavy atom. The molecule has 3 aromatic rings. The average molecular weight is 430 g/mol. The first-order chi connectivity index (χ1) is 14.9. The minimum absolute atomic E-state index is 0.0193. The van der Waals surface area contributed by atoms with Crippen LogP contribution in [0, 0.1) is 0 Å². The van der Waals surface area contributed by atoms with E-state index in [0.717, 1.165) is 40.6 Å². The standard InChI is InChI=1S/C24H25F3N2O2/c1-2-16-4-3-5-19-21(15-28-23(16)19)20(14-22(30)29-10-12-31-13-11-29)17-6-8-18(9-7-17)24(25,26)27/h3-9,15,20,28H,2,10-14H2,1H3. The van der Waals surface area contributed by atoms with Crippen LogP contribution in [0.3, 0.4) is 0 Å². The number of alkyl halides is 3. The fourth-order valence-corrected chi connectivity index (χ4v) is 4.25. The first-order valence-electron chi connectivity index (χ1n) is 10.5. The number of halogens is 3. The molecule has 0 bridgehead atoms. The Hall–Kier alpha value is -2.80. The van der Waals surface area contributed by atoms with Gasteiger partial charge in [0.15, 0.2) is 0 Å². The zero-order valence-corrected chi connectivity index (χ0v) is 17.3. The van der Waals surface area contributed by atoms with E-state index in [1.165, 1.54) is 12.1 Å². The smallest absolute Gasteiger partial charge is 0.378 e. The van der Waals surface area contributed by atoms with E-state index in [4.69, 9.17) is 4.74 Å². The molecule has 4 rings (SSSR count).